The van der Waals surface area contributed by atoms with Gasteiger partial charge in [-0.05, 0) is 45.6 Å². The molecule has 0 amide bonds. The Kier molecular flexibility index (Phi) is 10.0. The van der Waals surface area contributed by atoms with Gasteiger partial charge in [0, 0.05) is 12.6 Å². The molecule has 7 heteroatoms. The fraction of sp³-hybridized carbons (Fsp3) is 0.727. The zero-order chi connectivity index (χ0) is 22.3. The van der Waals surface area contributed by atoms with E-state index in [1.807, 2.05) is 85.7 Å². The van der Waals surface area contributed by atoms with Crippen molar-refractivity contribution in [3.05, 3.63) is 35.9 Å². The average Bonchev–Trinajstić information content (AvgIpc) is 2.59. The Morgan fingerprint density at radius 1 is 0.966 bits per heavy atom. The fourth-order valence-corrected chi connectivity index (χ4v) is 5.90. The van der Waals surface area contributed by atoms with Gasteiger partial charge in [-0.2, -0.15) is 5.06 Å². The molecule has 0 aliphatic carbocycles. The van der Waals surface area contributed by atoms with Crippen molar-refractivity contribution in [3.8, 4) is 0 Å². The zero-order valence-electron chi connectivity index (χ0n) is 19.6. The Morgan fingerprint density at radius 2 is 1.48 bits per heavy atom. The van der Waals surface area contributed by atoms with Crippen molar-refractivity contribution in [2.75, 3.05) is 26.9 Å². The molecular weight excluding hydrogens is 389 g/mol. The molecule has 0 spiro atoms. The number of hydrogen-bond donors (Lipinski definition) is 0. The lowest BCUT2D eigenvalue weighted by Gasteiger charge is -2.48. The third-order valence-corrected chi connectivity index (χ3v) is 7.13. The van der Waals surface area contributed by atoms with E-state index < -0.39 is 24.3 Å². The lowest BCUT2D eigenvalue weighted by atomic mass is 9.94. The third-order valence-electron chi connectivity index (χ3n) is 4.31. The van der Waals surface area contributed by atoms with Gasteiger partial charge in [0.2, 0.25) is 0 Å². The summed E-state index contributed by atoms with van der Waals surface area (Å²) in [5.74, 6) is -0.613. The first kappa shape index (κ1) is 26.3. The molecule has 0 saturated heterocycles. The molecule has 0 heterocycles. The molecule has 0 bridgehead atoms. The van der Waals surface area contributed by atoms with Crippen molar-refractivity contribution in [3.63, 3.8) is 0 Å². The van der Waals surface area contributed by atoms with Crippen molar-refractivity contribution < 1.29 is 23.2 Å². The van der Waals surface area contributed by atoms with Gasteiger partial charge in [0.25, 0.3) is 0 Å². The van der Waals surface area contributed by atoms with Gasteiger partial charge in [0.1, 0.15) is 11.9 Å². The van der Waals surface area contributed by atoms with Crippen molar-refractivity contribution in [2.24, 2.45) is 5.41 Å². The first-order valence-electron chi connectivity index (χ1n) is 10.3. The van der Waals surface area contributed by atoms with Gasteiger partial charge >= 0.3 is 7.60 Å². The van der Waals surface area contributed by atoms with Crippen LogP contribution in [0.2, 0.25) is 0 Å². The van der Waals surface area contributed by atoms with Gasteiger partial charge < -0.3 is 13.8 Å². The summed E-state index contributed by atoms with van der Waals surface area (Å²) in [7, 11) is -1.86. The van der Waals surface area contributed by atoms with Gasteiger partial charge in [-0.1, -0.05) is 51.1 Å². The molecular formula is C22H40NO5P. The number of rotatable bonds is 11. The van der Waals surface area contributed by atoms with Crippen LogP contribution in [-0.4, -0.2) is 43.3 Å². The zero-order valence-corrected chi connectivity index (χ0v) is 20.5. The van der Waals surface area contributed by atoms with Crippen LogP contribution in [0.1, 0.15) is 67.1 Å². The average molecular weight is 430 g/mol. The van der Waals surface area contributed by atoms with E-state index in [1.165, 1.54) is 0 Å². The van der Waals surface area contributed by atoms with Crippen LogP contribution < -0.4 is 0 Å². The van der Waals surface area contributed by atoms with Crippen LogP contribution in [0.4, 0.5) is 0 Å². The van der Waals surface area contributed by atoms with E-state index in [0.717, 1.165) is 5.56 Å². The van der Waals surface area contributed by atoms with Gasteiger partial charge in [-0.3, -0.25) is 9.40 Å². The Morgan fingerprint density at radius 3 is 1.86 bits per heavy atom. The molecule has 168 valence electrons. The maximum atomic E-state index is 13.9. The molecule has 0 aromatic heterocycles. The molecule has 1 aromatic carbocycles. The van der Waals surface area contributed by atoms with Crippen molar-refractivity contribution >= 4 is 7.60 Å². The van der Waals surface area contributed by atoms with Crippen LogP contribution in [0.5, 0.6) is 0 Å². The van der Waals surface area contributed by atoms with E-state index in [1.54, 1.807) is 12.2 Å². The topological polar surface area (TPSA) is 57.2 Å². The van der Waals surface area contributed by atoms with Crippen LogP contribution >= 0.6 is 7.60 Å². The van der Waals surface area contributed by atoms with E-state index in [9.17, 15) is 4.57 Å². The first-order valence-corrected chi connectivity index (χ1v) is 11.9. The highest BCUT2D eigenvalue weighted by molar-refractivity contribution is 7.54. The van der Waals surface area contributed by atoms with Crippen molar-refractivity contribution in [1.29, 1.82) is 0 Å². The molecule has 0 radical (unpaired) electrons. The molecule has 2 unspecified atom stereocenters. The van der Waals surface area contributed by atoms with Crippen LogP contribution in [-0.2, 0) is 23.2 Å². The number of methoxy groups -OCH3 is 1. The maximum Gasteiger partial charge on any atom is 0.350 e. The maximum absolute atomic E-state index is 13.9. The number of benzene rings is 1. The number of hydroxylamine groups is 2. The standard InChI is InChI=1S/C22H40NO5P/c1-10-26-29(24,27-11-2)20(21(3,4)5)23(22(6,7)8)28-19(17-25-9)18-15-13-12-14-16-18/h12-16,19-20H,10-11,17H2,1-9H3. The molecule has 6 nitrogen and oxygen atoms in total. The summed E-state index contributed by atoms with van der Waals surface area (Å²) < 4.78 is 30.9. The molecule has 0 saturated carbocycles. The second kappa shape index (κ2) is 11.0. The lowest BCUT2D eigenvalue weighted by Crippen LogP contribution is -2.54. The van der Waals surface area contributed by atoms with Crippen LogP contribution in [0.3, 0.4) is 0 Å². The van der Waals surface area contributed by atoms with E-state index in [-0.39, 0.29) is 6.10 Å². The Bertz CT molecular complexity index is 629. The first-order chi connectivity index (χ1) is 13.4. The van der Waals surface area contributed by atoms with Gasteiger partial charge in [0.15, 0.2) is 0 Å². The Balaban J connectivity index is 3.48. The number of hydrogen-bond acceptors (Lipinski definition) is 6. The highest BCUT2D eigenvalue weighted by Crippen LogP contribution is 2.61. The summed E-state index contributed by atoms with van der Waals surface area (Å²) in [4.78, 5) is 6.55. The van der Waals surface area contributed by atoms with Crippen LogP contribution in [0.15, 0.2) is 30.3 Å². The van der Waals surface area contributed by atoms with Gasteiger partial charge in [0.05, 0.1) is 19.8 Å². The summed E-state index contributed by atoms with van der Waals surface area (Å²) in [6.45, 7) is 16.8. The minimum atomic E-state index is -3.51. The van der Waals surface area contributed by atoms with E-state index in [2.05, 4.69) is 0 Å². The summed E-state index contributed by atoms with van der Waals surface area (Å²) in [6.07, 6.45) is -0.359. The largest absolute Gasteiger partial charge is 0.382 e. The van der Waals surface area contributed by atoms with Gasteiger partial charge in [-0.25, -0.2) is 0 Å². The Hall–Kier alpha value is -0.750. The highest BCUT2D eigenvalue weighted by atomic mass is 31.2. The van der Waals surface area contributed by atoms with Crippen molar-refractivity contribution in [1.82, 2.24) is 5.06 Å². The minimum absolute atomic E-state index is 0.294. The fourth-order valence-electron chi connectivity index (χ4n) is 3.22. The SMILES string of the molecule is CCOP(=O)(OCC)C(N(OC(COC)c1ccccc1)C(C)(C)C)C(C)(C)C. The highest BCUT2D eigenvalue weighted by Gasteiger charge is 2.51. The van der Waals surface area contributed by atoms with Gasteiger partial charge in [-0.15, -0.1) is 0 Å². The van der Waals surface area contributed by atoms with Crippen LogP contribution in [0, 0.1) is 5.41 Å². The minimum Gasteiger partial charge on any atom is -0.382 e. The monoisotopic (exact) mass is 429 g/mol. The predicted molar refractivity (Wildman–Crippen MR) is 118 cm³/mol. The molecule has 2 atom stereocenters. The summed E-state index contributed by atoms with van der Waals surface area (Å²) in [6, 6.07) is 9.90. The van der Waals surface area contributed by atoms with Crippen LogP contribution in [0.25, 0.3) is 0 Å². The smallest absolute Gasteiger partial charge is 0.350 e. The summed E-state index contributed by atoms with van der Waals surface area (Å²) >= 11 is 0. The lowest BCUT2D eigenvalue weighted by molar-refractivity contribution is -0.275. The third kappa shape index (κ3) is 7.46. The predicted octanol–water partition coefficient (Wildman–Crippen LogP) is 6.04. The molecule has 29 heavy (non-hydrogen) atoms. The number of nitrogens with zero attached hydrogens (tertiary/aromatic N) is 1. The molecule has 0 aliphatic heterocycles. The molecule has 0 aliphatic rings. The summed E-state index contributed by atoms with van der Waals surface area (Å²) in [5.41, 5.74) is 0.0724. The molecule has 0 N–H and O–H groups in total. The second-order valence-electron chi connectivity index (χ2n) is 9.07. The quantitative estimate of drug-likeness (QED) is 0.315. The van der Waals surface area contributed by atoms with E-state index in [4.69, 9.17) is 18.6 Å². The van der Waals surface area contributed by atoms with E-state index in [0.29, 0.717) is 19.8 Å². The normalized spacial score (nSPS) is 15.5. The second-order valence-corrected chi connectivity index (χ2v) is 11.2. The molecule has 1 rings (SSSR count). The molecule has 0 fully saturated rings. The number of ether oxygens (including phenoxy) is 1. The Labute approximate surface area is 177 Å². The molecule has 1 aromatic rings. The van der Waals surface area contributed by atoms with Crippen molar-refractivity contribution in [2.45, 2.75) is 72.8 Å². The van der Waals surface area contributed by atoms with E-state index >= 15 is 0 Å². The summed E-state index contributed by atoms with van der Waals surface area (Å²) in [5, 5.41) is 1.80.